The number of nitrogens with two attached hydrogens (primary N) is 1. The van der Waals surface area contributed by atoms with Gasteiger partial charge in [-0.15, -0.1) is 0 Å². The van der Waals surface area contributed by atoms with Crippen molar-refractivity contribution in [2.24, 2.45) is 16.9 Å². The molecule has 24 heavy (non-hydrogen) atoms. The lowest BCUT2D eigenvalue weighted by molar-refractivity contribution is -0.0497. The van der Waals surface area contributed by atoms with E-state index in [0.717, 1.165) is 11.6 Å². The summed E-state index contributed by atoms with van der Waals surface area (Å²) in [6, 6.07) is 9.62. The van der Waals surface area contributed by atoms with Crippen molar-refractivity contribution >= 4 is 22.7 Å². The Morgan fingerprint density at radius 3 is 2.42 bits per heavy atom. The molecule has 0 amide bonds. The summed E-state index contributed by atoms with van der Waals surface area (Å²) in [4.78, 5) is 0. The highest BCUT2D eigenvalue weighted by Crippen LogP contribution is 2.33. The fourth-order valence-corrected chi connectivity index (χ4v) is 2.66. The molecule has 2 aromatic rings. The Kier molecular flexibility index (Phi) is 5.14. The molecule has 0 radical (unpaired) electrons. The van der Waals surface area contributed by atoms with Crippen LogP contribution in [0.15, 0.2) is 41.5 Å². The topological polar surface area (TPSA) is 91.7 Å². The SMILES string of the molecule is CC(C)C(O)(C(C=N)=NN)c1ccc2cc(OC(F)F)ccc2c1. The number of aliphatic hydroxyl groups is 1. The van der Waals surface area contributed by atoms with Crippen molar-refractivity contribution < 1.29 is 18.6 Å². The van der Waals surface area contributed by atoms with Crippen molar-refractivity contribution in [1.29, 1.82) is 5.41 Å². The molecule has 0 aliphatic carbocycles. The molecule has 0 saturated carbocycles. The van der Waals surface area contributed by atoms with Crippen molar-refractivity contribution in [3.63, 3.8) is 0 Å². The smallest absolute Gasteiger partial charge is 0.387 e. The largest absolute Gasteiger partial charge is 0.435 e. The van der Waals surface area contributed by atoms with Crippen LogP contribution in [0.1, 0.15) is 19.4 Å². The van der Waals surface area contributed by atoms with Crippen molar-refractivity contribution in [3.05, 3.63) is 42.0 Å². The minimum absolute atomic E-state index is 0.0366. The van der Waals surface area contributed by atoms with Gasteiger partial charge in [-0.1, -0.05) is 32.0 Å². The second-order valence-electron chi connectivity index (χ2n) is 5.68. The predicted octanol–water partition coefficient (Wildman–Crippen LogP) is 3.25. The number of alkyl halides is 2. The maximum absolute atomic E-state index is 12.3. The number of hydrogen-bond donors (Lipinski definition) is 3. The zero-order valence-electron chi connectivity index (χ0n) is 13.3. The van der Waals surface area contributed by atoms with E-state index < -0.39 is 12.2 Å². The zero-order valence-corrected chi connectivity index (χ0v) is 13.3. The van der Waals surface area contributed by atoms with E-state index in [1.165, 1.54) is 12.1 Å². The molecule has 0 fully saturated rings. The molecule has 0 saturated heterocycles. The molecule has 0 spiro atoms. The number of fused-ring (bicyclic) bond motifs is 1. The summed E-state index contributed by atoms with van der Waals surface area (Å²) in [7, 11) is 0. The molecule has 0 aliphatic rings. The van der Waals surface area contributed by atoms with Gasteiger partial charge in [-0.3, -0.25) is 0 Å². The molecular weight excluding hydrogens is 316 g/mol. The van der Waals surface area contributed by atoms with Gasteiger partial charge in [0.05, 0.1) is 0 Å². The first kappa shape index (κ1) is 17.8. The highest BCUT2D eigenvalue weighted by molar-refractivity contribution is 6.33. The minimum atomic E-state index is -2.89. The monoisotopic (exact) mass is 335 g/mol. The number of nitrogens with zero attached hydrogens (tertiary/aromatic N) is 1. The summed E-state index contributed by atoms with van der Waals surface area (Å²) in [5.74, 6) is 5.08. The predicted molar refractivity (Wildman–Crippen MR) is 89.7 cm³/mol. The average molecular weight is 335 g/mol. The summed E-state index contributed by atoms with van der Waals surface area (Å²) in [5.41, 5.74) is -0.974. The van der Waals surface area contributed by atoms with E-state index in [2.05, 4.69) is 9.84 Å². The van der Waals surface area contributed by atoms with Crippen molar-refractivity contribution in [1.82, 2.24) is 0 Å². The Balaban J connectivity index is 2.54. The van der Waals surface area contributed by atoms with Gasteiger partial charge in [-0.2, -0.15) is 13.9 Å². The standard InChI is InChI=1S/C17H19F2N3O2/c1-10(2)17(23,15(9-20)22-21)13-5-3-12-8-14(24-16(18)19)6-4-11(12)7-13/h3-10,16,20,23H,21H2,1-2H3. The van der Waals surface area contributed by atoms with Gasteiger partial charge in [0.25, 0.3) is 0 Å². The van der Waals surface area contributed by atoms with Crippen LogP contribution >= 0.6 is 0 Å². The number of benzene rings is 2. The van der Waals surface area contributed by atoms with Gasteiger partial charge in [-0.05, 0) is 40.5 Å². The Morgan fingerprint density at radius 2 is 1.88 bits per heavy atom. The number of ether oxygens (including phenoxy) is 1. The lowest BCUT2D eigenvalue weighted by Crippen LogP contribution is -2.42. The van der Waals surface area contributed by atoms with E-state index in [9.17, 15) is 13.9 Å². The van der Waals surface area contributed by atoms with Gasteiger partial charge < -0.3 is 21.1 Å². The lowest BCUT2D eigenvalue weighted by Gasteiger charge is -2.32. The van der Waals surface area contributed by atoms with E-state index >= 15 is 0 Å². The van der Waals surface area contributed by atoms with Crippen LogP contribution in [-0.2, 0) is 5.60 Å². The normalized spacial score (nSPS) is 14.9. The van der Waals surface area contributed by atoms with Crippen LogP contribution in [0.25, 0.3) is 10.8 Å². The lowest BCUT2D eigenvalue weighted by atomic mass is 9.79. The quantitative estimate of drug-likeness (QED) is 0.430. The molecule has 1 atom stereocenters. The Hall–Kier alpha value is -2.54. The van der Waals surface area contributed by atoms with E-state index in [-0.39, 0.29) is 17.4 Å². The highest BCUT2D eigenvalue weighted by atomic mass is 19.3. The summed E-state index contributed by atoms with van der Waals surface area (Å²) < 4.78 is 29.0. The van der Waals surface area contributed by atoms with E-state index in [1.54, 1.807) is 38.1 Å². The maximum atomic E-state index is 12.3. The minimum Gasteiger partial charge on any atom is -0.435 e. The highest BCUT2D eigenvalue weighted by Gasteiger charge is 2.38. The fourth-order valence-electron chi connectivity index (χ4n) is 2.66. The molecule has 1 unspecified atom stereocenters. The maximum Gasteiger partial charge on any atom is 0.387 e. The number of hydrogen-bond acceptors (Lipinski definition) is 5. The van der Waals surface area contributed by atoms with Crippen LogP contribution in [-0.4, -0.2) is 23.6 Å². The Morgan fingerprint density at radius 1 is 1.25 bits per heavy atom. The number of nitrogens with one attached hydrogen (secondary N) is 1. The van der Waals surface area contributed by atoms with Gasteiger partial charge >= 0.3 is 6.61 Å². The van der Waals surface area contributed by atoms with Gasteiger partial charge in [0.1, 0.15) is 17.1 Å². The molecule has 4 N–H and O–H groups in total. The first-order valence-electron chi connectivity index (χ1n) is 7.33. The Bertz CT molecular complexity index is 778. The number of hydrazone groups is 1. The third-order valence-electron chi connectivity index (χ3n) is 3.98. The third kappa shape index (κ3) is 3.21. The summed E-state index contributed by atoms with van der Waals surface area (Å²) in [6.07, 6.45) is 0.920. The summed E-state index contributed by atoms with van der Waals surface area (Å²) in [5, 5.41) is 23.4. The van der Waals surface area contributed by atoms with E-state index in [1.807, 2.05) is 0 Å². The molecule has 0 aliphatic heterocycles. The Labute approximate surface area is 138 Å². The molecule has 0 heterocycles. The second-order valence-corrected chi connectivity index (χ2v) is 5.68. The summed E-state index contributed by atoms with van der Waals surface area (Å²) >= 11 is 0. The molecule has 2 aromatic carbocycles. The first-order chi connectivity index (χ1) is 11.3. The van der Waals surface area contributed by atoms with Crippen molar-refractivity contribution in [2.45, 2.75) is 26.1 Å². The van der Waals surface area contributed by atoms with Crippen LogP contribution in [0, 0.1) is 11.3 Å². The van der Waals surface area contributed by atoms with E-state index in [0.29, 0.717) is 10.9 Å². The molecule has 0 aromatic heterocycles. The molecule has 0 bridgehead atoms. The zero-order chi connectivity index (χ0) is 17.9. The molecule has 128 valence electrons. The van der Waals surface area contributed by atoms with Crippen molar-refractivity contribution in [3.8, 4) is 5.75 Å². The van der Waals surface area contributed by atoms with E-state index in [4.69, 9.17) is 11.3 Å². The van der Waals surface area contributed by atoms with Gasteiger partial charge in [0.2, 0.25) is 0 Å². The molecule has 2 rings (SSSR count). The van der Waals surface area contributed by atoms with Crippen LogP contribution < -0.4 is 10.6 Å². The number of rotatable bonds is 6. The second kappa shape index (κ2) is 6.92. The average Bonchev–Trinajstić information content (AvgIpc) is 2.54. The summed E-state index contributed by atoms with van der Waals surface area (Å²) in [6.45, 7) is 0.695. The first-order valence-corrected chi connectivity index (χ1v) is 7.33. The molecular formula is C17H19F2N3O2. The van der Waals surface area contributed by atoms with Gasteiger partial charge in [-0.25, -0.2) is 0 Å². The third-order valence-corrected chi connectivity index (χ3v) is 3.98. The van der Waals surface area contributed by atoms with Crippen LogP contribution in [0.4, 0.5) is 8.78 Å². The van der Waals surface area contributed by atoms with Gasteiger partial charge in [0, 0.05) is 6.21 Å². The molecule has 5 nitrogen and oxygen atoms in total. The number of halogens is 2. The van der Waals surface area contributed by atoms with Crippen LogP contribution in [0.2, 0.25) is 0 Å². The van der Waals surface area contributed by atoms with Crippen LogP contribution in [0.5, 0.6) is 5.75 Å². The fraction of sp³-hybridized carbons (Fsp3) is 0.294. The van der Waals surface area contributed by atoms with Gasteiger partial charge in [0.15, 0.2) is 0 Å². The van der Waals surface area contributed by atoms with Crippen molar-refractivity contribution in [2.75, 3.05) is 0 Å². The van der Waals surface area contributed by atoms with Crippen LogP contribution in [0.3, 0.4) is 0 Å². The molecule has 7 heteroatoms.